The zero-order valence-electron chi connectivity index (χ0n) is 15.2. The van der Waals surface area contributed by atoms with Crippen LogP contribution < -0.4 is 16.0 Å². The summed E-state index contributed by atoms with van der Waals surface area (Å²) in [5.74, 6) is -0.328. The maximum atomic E-state index is 13.0. The fraction of sp³-hybridized carbons (Fsp3) is 0.250. The normalized spacial score (nSPS) is 15.7. The lowest BCUT2D eigenvalue weighted by molar-refractivity contribution is -0.125. The molecule has 2 aliphatic rings. The Bertz CT molecular complexity index is 914. The Morgan fingerprint density at radius 2 is 1.86 bits per heavy atom. The Morgan fingerprint density at radius 1 is 1.11 bits per heavy atom. The second kappa shape index (κ2) is 7.90. The van der Waals surface area contributed by atoms with Gasteiger partial charge in [0.2, 0.25) is 5.91 Å². The van der Waals surface area contributed by atoms with Gasteiger partial charge in [-0.15, -0.1) is 12.4 Å². The summed E-state index contributed by atoms with van der Waals surface area (Å²) in [5, 5.41) is 2.49. The second-order valence-corrected chi connectivity index (χ2v) is 6.74. The number of nitrogen functional groups attached to an aromatic ring is 1. The molecule has 0 aliphatic carbocycles. The van der Waals surface area contributed by atoms with Crippen molar-refractivity contribution >= 4 is 41.6 Å². The Hall–Kier alpha value is -3.06. The molecule has 3 N–H and O–H groups in total. The molecular formula is C20H21ClN4O3. The number of hydrogen-bond donors (Lipinski definition) is 2. The van der Waals surface area contributed by atoms with E-state index < -0.39 is 0 Å². The van der Waals surface area contributed by atoms with Crippen LogP contribution in [-0.2, 0) is 17.8 Å². The third kappa shape index (κ3) is 3.53. The van der Waals surface area contributed by atoms with E-state index >= 15 is 0 Å². The first-order valence-electron chi connectivity index (χ1n) is 8.91. The molecule has 2 heterocycles. The van der Waals surface area contributed by atoms with Crippen LogP contribution >= 0.6 is 12.4 Å². The molecule has 28 heavy (non-hydrogen) atoms. The van der Waals surface area contributed by atoms with Crippen molar-refractivity contribution in [2.45, 2.75) is 19.4 Å². The van der Waals surface area contributed by atoms with Crippen molar-refractivity contribution in [3.05, 3.63) is 59.2 Å². The SMILES string of the molecule is Cl.Nc1cccc2c1CCCN2C(=O)c1ccc(CN2C(=O)CNC2=O)cc1. The smallest absolute Gasteiger partial charge is 0.324 e. The molecule has 4 rings (SSSR count). The van der Waals surface area contributed by atoms with Crippen LogP contribution in [0.5, 0.6) is 0 Å². The first-order valence-corrected chi connectivity index (χ1v) is 8.91. The number of nitrogens with two attached hydrogens (primary N) is 1. The number of anilines is 2. The lowest BCUT2D eigenvalue weighted by Gasteiger charge is -2.30. The standard InChI is InChI=1S/C20H20N4O3.ClH/c21-16-4-1-5-17-15(16)3-2-10-23(17)19(26)14-8-6-13(7-9-14)12-24-18(25)11-22-20(24)27;/h1,4-9H,2-3,10-12,21H2,(H,22,27);1H. The molecule has 0 aromatic heterocycles. The van der Waals surface area contributed by atoms with Crippen molar-refractivity contribution in [1.82, 2.24) is 10.2 Å². The van der Waals surface area contributed by atoms with Crippen molar-refractivity contribution < 1.29 is 14.4 Å². The van der Waals surface area contributed by atoms with E-state index in [0.717, 1.165) is 29.7 Å². The van der Waals surface area contributed by atoms with Crippen LogP contribution in [0.4, 0.5) is 16.2 Å². The molecule has 8 heteroatoms. The number of fused-ring (bicyclic) bond motifs is 1. The van der Waals surface area contributed by atoms with E-state index in [2.05, 4.69) is 5.32 Å². The highest BCUT2D eigenvalue weighted by Crippen LogP contribution is 2.32. The van der Waals surface area contributed by atoms with E-state index in [1.807, 2.05) is 18.2 Å². The van der Waals surface area contributed by atoms with Crippen molar-refractivity contribution in [2.24, 2.45) is 0 Å². The number of carbonyl (C=O) groups excluding carboxylic acids is 3. The Kier molecular flexibility index (Phi) is 5.56. The number of halogens is 1. The molecule has 0 atom stereocenters. The third-order valence-electron chi connectivity index (χ3n) is 5.01. The number of imide groups is 1. The minimum atomic E-state index is -0.386. The van der Waals surface area contributed by atoms with E-state index in [9.17, 15) is 14.4 Å². The summed E-state index contributed by atoms with van der Waals surface area (Å²) in [4.78, 5) is 39.2. The predicted octanol–water partition coefficient (Wildman–Crippen LogP) is 2.34. The van der Waals surface area contributed by atoms with Gasteiger partial charge in [-0.2, -0.15) is 0 Å². The largest absolute Gasteiger partial charge is 0.398 e. The van der Waals surface area contributed by atoms with Crippen molar-refractivity contribution in [1.29, 1.82) is 0 Å². The van der Waals surface area contributed by atoms with Gasteiger partial charge in [0, 0.05) is 23.5 Å². The molecule has 1 saturated heterocycles. The number of carbonyl (C=O) groups is 3. The Labute approximate surface area is 168 Å². The molecule has 0 radical (unpaired) electrons. The predicted molar refractivity (Wildman–Crippen MR) is 108 cm³/mol. The fourth-order valence-corrected chi connectivity index (χ4v) is 3.57. The molecule has 2 aliphatic heterocycles. The van der Waals surface area contributed by atoms with Crippen LogP contribution in [0, 0.1) is 0 Å². The third-order valence-corrected chi connectivity index (χ3v) is 5.01. The molecule has 0 unspecified atom stereocenters. The van der Waals surface area contributed by atoms with E-state index in [1.165, 1.54) is 4.90 Å². The maximum absolute atomic E-state index is 13.0. The van der Waals surface area contributed by atoms with Gasteiger partial charge in [-0.3, -0.25) is 14.5 Å². The first-order chi connectivity index (χ1) is 13.0. The zero-order chi connectivity index (χ0) is 19.0. The van der Waals surface area contributed by atoms with Crippen LogP contribution in [0.15, 0.2) is 42.5 Å². The molecule has 0 bridgehead atoms. The molecule has 2 aromatic rings. The minimum absolute atomic E-state index is 0. The maximum Gasteiger partial charge on any atom is 0.324 e. The number of nitrogens with one attached hydrogen (secondary N) is 1. The van der Waals surface area contributed by atoms with Crippen molar-refractivity contribution in [2.75, 3.05) is 23.7 Å². The molecule has 0 saturated carbocycles. The number of nitrogens with zero attached hydrogens (tertiary/aromatic N) is 2. The fourth-order valence-electron chi connectivity index (χ4n) is 3.57. The number of rotatable bonds is 3. The van der Waals surface area contributed by atoms with Gasteiger partial charge >= 0.3 is 6.03 Å². The zero-order valence-corrected chi connectivity index (χ0v) is 16.0. The number of benzene rings is 2. The quantitative estimate of drug-likeness (QED) is 0.610. The van der Waals surface area contributed by atoms with E-state index in [-0.39, 0.29) is 43.3 Å². The highest BCUT2D eigenvalue weighted by molar-refractivity contribution is 6.07. The highest BCUT2D eigenvalue weighted by atomic mass is 35.5. The molecule has 1 fully saturated rings. The summed E-state index contributed by atoms with van der Waals surface area (Å²) in [5.41, 5.74) is 10.0. The van der Waals surface area contributed by atoms with E-state index in [4.69, 9.17) is 5.73 Å². The Morgan fingerprint density at radius 3 is 2.54 bits per heavy atom. The van der Waals surface area contributed by atoms with Gasteiger partial charge in [-0.25, -0.2) is 4.79 Å². The van der Waals surface area contributed by atoms with Gasteiger partial charge in [0.05, 0.1) is 13.1 Å². The molecule has 7 nitrogen and oxygen atoms in total. The summed E-state index contributed by atoms with van der Waals surface area (Å²) in [6.07, 6.45) is 1.74. The number of urea groups is 1. The van der Waals surface area contributed by atoms with E-state index in [1.54, 1.807) is 29.2 Å². The van der Waals surface area contributed by atoms with Gasteiger partial charge in [-0.1, -0.05) is 18.2 Å². The van der Waals surface area contributed by atoms with Gasteiger partial charge < -0.3 is 16.0 Å². The molecular weight excluding hydrogens is 380 g/mol. The average molecular weight is 401 g/mol. The molecule has 0 spiro atoms. The lowest BCUT2D eigenvalue weighted by atomic mass is 9.99. The summed E-state index contributed by atoms with van der Waals surface area (Å²) < 4.78 is 0. The summed E-state index contributed by atoms with van der Waals surface area (Å²) in [7, 11) is 0. The van der Waals surface area contributed by atoms with Crippen LogP contribution in [0.1, 0.15) is 27.9 Å². The summed E-state index contributed by atoms with van der Waals surface area (Å²) in [6.45, 7) is 0.884. The van der Waals surface area contributed by atoms with Crippen molar-refractivity contribution in [3.8, 4) is 0 Å². The van der Waals surface area contributed by atoms with Gasteiger partial charge in [0.25, 0.3) is 5.91 Å². The van der Waals surface area contributed by atoms with Crippen LogP contribution in [0.25, 0.3) is 0 Å². The summed E-state index contributed by atoms with van der Waals surface area (Å²) in [6, 6.07) is 12.3. The van der Waals surface area contributed by atoms with Gasteiger partial charge in [0.1, 0.15) is 0 Å². The Balaban J connectivity index is 0.00000225. The number of hydrogen-bond acceptors (Lipinski definition) is 4. The van der Waals surface area contributed by atoms with E-state index in [0.29, 0.717) is 17.8 Å². The van der Waals surface area contributed by atoms with Crippen LogP contribution in [-0.4, -0.2) is 35.8 Å². The molecule has 146 valence electrons. The average Bonchev–Trinajstić information content (AvgIpc) is 3.00. The lowest BCUT2D eigenvalue weighted by Crippen LogP contribution is -2.35. The topological polar surface area (TPSA) is 95.7 Å². The van der Waals surface area contributed by atoms with Crippen molar-refractivity contribution in [3.63, 3.8) is 0 Å². The van der Waals surface area contributed by atoms with Crippen LogP contribution in [0.3, 0.4) is 0 Å². The number of amides is 4. The highest BCUT2D eigenvalue weighted by Gasteiger charge is 2.28. The minimum Gasteiger partial charge on any atom is -0.398 e. The first kappa shape index (κ1) is 19.7. The molecule has 4 amide bonds. The van der Waals surface area contributed by atoms with Crippen LogP contribution in [0.2, 0.25) is 0 Å². The van der Waals surface area contributed by atoms with Gasteiger partial charge in [0.15, 0.2) is 0 Å². The monoisotopic (exact) mass is 400 g/mol. The second-order valence-electron chi connectivity index (χ2n) is 6.74. The summed E-state index contributed by atoms with van der Waals surface area (Å²) >= 11 is 0. The molecule has 2 aromatic carbocycles. The van der Waals surface area contributed by atoms with Gasteiger partial charge in [-0.05, 0) is 48.2 Å².